The lowest BCUT2D eigenvalue weighted by Gasteiger charge is -2.19. The highest BCUT2D eigenvalue weighted by atomic mass is 32.2. The molecule has 0 aliphatic carbocycles. The molecular formula is C26H28N2O5S. The first-order valence-corrected chi connectivity index (χ1v) is 12.8. The van der Waals surface area contributed by atoms with Gasteiger partial charge in [-0.3, -0.25) is 4.79 Å². The monoisotopic (exact) mass is 480 g/mol. The third-order valence-electron chi connectivity index (χ3n) is 5.54. The van der Waals surface area contributed by atoms with Crippen molar-refractivity contribution in [2.45, 2.75) is 24.7 Å². The van der Waals surface area contributed by atoms with Crippen LogP contribution < -0.4 is 14.8 Å². The normalized spacial score (nSPS) is 14.0. The first-order chi connectivity index (χ1) is 16.5. The summed E-state index contributed by atoms with van der Waals surface area (Å²) in [5, 5.41) is 2.74. The molecule has 34 heavy (non-hydrogen) atoms. The fourth-order valence-corrected chi connectivity index (χ4v) is 5.59. The number of amides is 1. The third kappa shape index (κ3) is 5.40. The molecule has 1 aliphatic heterocycles. The highest BCUT2D eigenvalue weighted by Gasteiger charge is 2.30. The van der Waals surface area contributed by atoms with Gasteiger partial charge >= 0.3 is 0 Å². The number of carbonyl (C=O) groups excluding carboxylic acids is 1. The molecule has 1 heterocycles. The van der Waals surface area contributed by atoms with Crippen molar-refractivity contribution in [1.29, 1.82) is 0 Å². The summed E-state index contributed by atoms with van der Waals surface area (Å²) in [4.78, 5) is 12.7. The zero-order valence-electron chi connectivity index (χ0n) is 19.1. The van der Waals surface area contributed by atoms with Gasteiger partial charge in [0.1, 0.15) is 16.4 Å². The Balaban J connectivity index is 1.49. The Morgan fingerprint density at radius 3 is 2.35 bits per heavy atom. The molecule has 3 aromatic rings. The molecule has 0 atom stereocenters. The van der Waals surface area contributed by atoms with Gasteiger partial charge in [-0.25, -0.2) is 8.42 Å². The predicted molar refractivity (Wildman–Crippen MR) is 132 cm³/mol. The number of nitrogens with zero attached hydrogens (tertiary/aromatic N) is 1. The summed E-state index contributed by atoms with van der Waals surface area (Å²) in [6.45, 7) is 2.89. The van der Waals surface area contributed by atoms with Crippen molar-refractivity contribution < 1.29 is 22.7 Å². The average Bonchev–Trinajstić information content (AvgIpc) is 3.41. The lowest BCUT2D eigenvalue weighted by Crippen LogP contribution is -2.28. The lowest BCUT2D eigenvalue weighted by atomic mass is 10.1. The van der Waals surface area contributed by atoms with Crippen LogP contribution in [-0.2, 0) is 14.8 Å². The van der Waals surface area contributed by atoms with E-state index in [1.54, 1.807) is 19.1 Å². The van der Waals surface area contributed by atoms with Crippen LogP contribution in [0, 0.1) is 0 Å². The van der Waals surface area contributed by atoms with Crippen LogP contribution in [0.2, 0.25) is 0 Å². The Morgan fingerprint density at radius 1 is 0.912 bits per heavy atom. The SMILES string of the molecule is CCOc1ccc(NC(=O)COc2ccccc2-c2ccccc2)cc1S(=O)(=O)N1CCCC1. The van der Waals surface area contributed by atoms with E-state index < -0.39 is 15.9 Å². The van der Waals surface area contributed by atoms with Crippen LogP contribution in [0.1, 0.15) is 19.8 Å². The summed E-state index contributed by atoms with van der Waals surface area (Å²) in [5.41, 5.74) is 2.24. The fraction of sp³-hybridized carbons (Fsp3) is 0.269. The van der Waals surface area contributed by atoms with Crippen molar-refractivity contribution in [3.05, 3.63) is 72.8 Å². The van der Waals surface area contributed by atoms with Crippen LogP contribution in [0.5, 0.6) is 11.5 Å². The average molecular weight is 481 g/mol. The highest BCUT2D eigenvalue weighted by Crippen LogP contribution is 2.32. The third-order valence-corrected chi connectivity index (χ3v) is 7.46. The largest absolute Gasteiger partial charge is 0.492 e. The Labute approximate surface area is 200 Å². The predicted octanol–water partition coefficient (Wildman–Crippen LogP) is 4.55. The standard InChI is InChI=1S/C26H28N2O5S/c1-2-32-24-15-14-21(18-25(24)34(30,31)28-16-8-9-17-28)27-26(29)19-33-23-13-7-6-12-22(23)20-10-4-3-5-11-20/h3-7,10-15,18H,2,8-9,16-17,19H2,1H3,(H,27,29). The van der Waals surface area contributed by atoms with E-state index in [0.717, 1.165) is 24.0 Å². The van der Waals surface area contributed by atoms with Crippen LogP contribution >= 0.6 is 0 Å². The molecule has 8 heteroatoms. The van der Waals surface area contributed by atoms with Gasteiger partial charge in [-0.15, -0.1) is 0 Å². The molecule has 1 fully saturated rings. The van der Waals surface area contributed by atoms with Gasteiger partial charge in [0.25, 0.3) is 5.91 Å². The topological polar surface area (TPSA) is 84.9 Å². The molecule has 1 saturated heterocycles. The molecule has 1 amide bonds. The quantitative estimate of drug-likeness (QED) is 0.486. The summed E-state index contributed by atoms with van der Waals surface area (Å²) < 4.78 is 39.1. The number of benzene rings is 3. The molecule has 0 saturated carbocycles. The van der Waals surface area contributed by atoms with Crippen LogP contribution in [-0.4, -0.2) is 44.9 Å². The molecule has 7 nitrogen and oxygen atoms in total. The number of sulfonamides is 1. The van der Waals surface area contributed by atoms with E-state index >= 15 is 0 Å². The molecule has 0 radical (unpaired) electrons. The summed E-state index contributed by atoms with van der Waals surface area (Å²) >= 11 is 0. The number of para-hydroxylation sites is 1. The number of carbonyl (C=O) groups is 1. The van der Waals surface area contributed by atoms with Crippen molar-refractivity contribution in [3.63, 3.8) is 0 Å². The number of ether oxygens (including phenoxy) is 2. The van der Waals surface area contributed by atoms with Crippen molar-refractivity contribution >= 4 is 21.6 Å². The summed E-state index contributed by atoms with van der Waals surface area (Å²) in [6, 6.07) is 21.9. The molecule has 1 aliphatic rings. The van der Waals surface area contributed by atoms with Crippen LogP contribution in [0.3, 0.4) is 0 Å². The number of anilines is 1. The number of hydrogen-bond acceptors (Lipinski definition) is 5. The van der Waals surface area contributed by atoms with Crippen molar-refractivity contribution in [3.8, 4) is 22.6 Å². The van der Waals surface area contributed by atoms with E-state index in [-0.39, 0.29) is 17.3 Å². The molecule has 0 bridgehead atoms. The molecule has 0 aromatic heterocycles. The molecule has 3 aromatic carbocycles. The summed E-state index contributed by atoms with van der Waals surface area (Å²) in [7, 11) is -3.72. The molecule has 4 rings (SSSR count). The van der Waals surface area contributed by atoms with Crippen molar-refractivity contribution in [2.75, 3.05) is 31.6 Å². The minimum absolute atomic E-state index is 0.0596. The van der Waals surface area contributed by atoms with Crippen LogP contribution in [0.15, 0.2) is 77.7 Å². The van der Waals surface area contributed by atoms with Gasteiger partial charge in [0, 0.05) is 24.3 Å². The maximum Gasteiger partial charge on any atom is 0.262 e. The second-order valence-corrected chi connectivity index (χ2v) is 9.81. The van der Waals surface area contributed by atoms with Gasteiger partial charge < -0.3 is 14.8 Å². The van der Waals surface area contributed by atoms with Gasteiger partial charge in [-0.1, -0.05) is 48.5 Å². The molecule has 178 valence electrons. The summed E-state index contributed by atoms with van der Waals surface area (Å²) in [6.07, 6.45) is 1.67. The maximum atomic E-state index is 13.2. The van der Waals surface area contributed by atoms with Gasteiger partial charge in [0.2, 0.25) is 10.0 Å². The number of nitrogens with one attached hydrogen (secondary N) is 1. The Bertz CT molecular complexity index is 1240. The van der Waals surface area contributed by atoms with Crippen molar-refractivity contribution in [2.24, 2.45) is 0 Å². The molecule has 0 spiro atoms. The maximum absolute atomic E-state index is 13.2. The number of rotatable bonds is 9. The number of hydrogen-bond donors (Lipinski definition) is 1. The molecular weight excluding hydrogens is 452 g/mol. The minimum atomic E-state index is -3.72. The van der Waals surface area contributed by atoms with Crippen LogP contribution in [0.4, 0.5) is 5.69 Å². The lowest BCUT2D eigenvalue weighted by molar-refractivity contribution is -0.118. The van der Waals surface area contributed by atoms with Gasteiger partial charge in [0.05, 0.1) is 6.61 Å². The van der Waals surface area contributed by atoms with E-state index in [1.165, 1.54) is 10.4 Å². The zero-order chi connectivity index (χ0) is 24.0. The Hall–Kier alpha value is -3.36. The second kappa shape index (κ2) is 10.7. The minimum Gasteiger partial charge on any atom is -0.492 e. The first-order valence-electron chi connectivity index (χ1n) is 11.3. The molecule has 1 N–H and O–H groups in total. The first kappa shape index (κ1) is 23.8. The zero-order valence-corrected chi connectivity index (χ0v) is 19.9. The van der Waals surface area contributed by atoms with Gasteiger partial charge in [-0.2, -0.15) is 4.31 Å². The van der Waals surface area contributed by atoms with Gasteiger partial charge in [-0.05, 0) is 49.6 Å². The van der Waals surface area contributed by atoms with E-state index in [2.05, 4.69) is 5.32 Å². The Kier molecular flexibility index (Phi) is 7.49. The smallest absolute Gasteiger partial charge is 0.262 e. The van der Waals surface area contributed by atoms with Crippen molar-refractivity contribution in [1.82, 2.24) is 4.31 Å². The van der Waals surface area contributed by atoms with E-state index in [0.29, 0.717) is 31.1 Å². The van der Waals surface area contributed by atoms with E-state index in [9.17, 15) is 13.2 Å². The second-order valence-electron chi connectivity index (χ2n) is 7.90. The van der Waals surface area contributed by atoms with Crippen LogP contribution in [0.25, 0.3) is 11.1 Å². The fourth-order valence-electron chi connectivity index (χ4n) is 3.92. The van der Waals surface area contributed by atoms with E-state index in [4.69, 9.17) is 9.47 Å². The summed E-state index contributed by atoms with van der Waals surface area (Å²) in [5.74, 6) is 0.477. The van der Waals surface area contributed by atoms with Gasteiger partial charge in [0.15, 0.2) is 6.61 Å². The van der Waals surface area contributed by atoms with E-state index in [1.807, 2.05) is 54.6 Å². The molecule has 0 unspecified atom stereocenters. The highest BCUT2D eigenvalue weighted by molar-refractivity contribution is 7.89. The Morgan fingerprint density at radius 2 is 1.62 bits per heavy atom.